The Morgan fingerprint density at radius 2 is 1.48 bits per heavy atom. The van der Waals surface area contributed by atoms with E-state index in [9.17, 15) is 29.1 Å². The quantitative estimate of drug-likeness (QED) is 0.168. The fourth-order valence-electron chi connectivity index (χ4n) is 3.02. The van der Waals surface area contributed by atoms with Crippen LogP contribution in [0, 0.1) is 11.8 Å². The molecule has 33 heavy (non-hydrogen) atoms. The van der Waals surface area contributed by atoms with Crippen molar-refractivity contribution in [3.63, 3.8) is 0 Å². The molecule has 0 radical (unpaired) electrons. The number of aliphatic carboxylic acids is 1. The van der Waals surface area contributed by atoms with E-state index in [1.807, 2.05) is 20.1 Å². The SMILES string of the molecule is CCC(C)C(NC(=O)C(CCSC)NC(=O)C(CC(N)=O)NC(=O)C(N)CC(C)C)C(=O)O. The minimum absolute atomic E-state index is 0.140. The first-order valence-corrected chi connectivity index (χ1v) is 12.4. The monoisotopic (exact) mass is 489 g/mol. The number of thioether (sulfide) groups is 1. The largest absolute Gasteiger partial charge is 0.480 e. The first kappa shape index (κ1) is 30.7. The fraction of sp³-hybridized carbons (Fsp3) is 0.762. The van der Waals surface area contributed by atoms with Crippen LogP contribution < -0.4 is 27.4 Å². The van der Waals surface area contributed by atoms with Gasteiger partial charge in [-0.15, -0.1) is 0 Å². The maximum Gasteiger partial charge on any atom is 0.326 e. The molecule has 0 aromatic heterocycles. The van der Waals surface area contributed by atoms with Crippen molar-refractivity contribution < 1.29 is 29.1 Å². The lowest BCUT2D eigenvalue weighted by atomic mass is 9.98. The van der Waals surface area contributed by atoms with Gasteiger partial charge in [-0.1, -0.05) is 34.1 Å². The smallest absolute Gasteiger partial charge is 0.326 e. The van der Waals surface area contributed by atoms with Crippen LogP contribution in [0.3, 0.4) is 0 Å². The normalized spacial score (nSPS) is 15.6. The maximum atomic E-state index is 12.9. The third-order valence-corrected chi connectivity index (χ3v) is 5.76. The van der Waals surface area contributed by atoms with Crippen LogP contribution in [0.15, 0.2) is 0 Å². The molecule has 0 heterocycles. The highest BCUT2D eigenvalue weighted by Gasteiger charge is 2.32. The number of rotatable bonds is 16. The summed E-state index contributed by atoms with van der Waals surface area (Å²) in [5, 5.41) is 16.9. The van der Waals surface area contributed by atoms with Crippen LogP contribution in [0.5, 0.6) is 0 Å². The molecule has 0 saturated heterocycles. The standard InChI is InChI=1S/C21H39N5O6S/c1-6-12(4)17(21(31)32)26-19(29)14(7-8-33-5)24-20(30)15(10-16(23)27)25-18(28)13(22)9-11(2)3/h11-15,17H,6-10,22H2,1-5H3,(H2,23,27)(H,24,30)(H,25,28)(H,26,29)(H,31,32). The van der Waals surface area contributed by atoms with Gasteiger partial charge in [0.05, 0.1) is 12.5 Å². The number of primary amides is 1. The minimum Gasteiger partial charge on any atom is -0.480 e. The number of carboxylic acids is 1. The molecule has 0 bridgehead atoms. The molecule has 5 unspecified atom stereocenters. The molecule has 12 heteroatoms. The first-order chi connectivity index (χ1) is 15.3. The van der Waals surface area contributed by atoms with Gasteiger partial charge in [-0.3, -0.25) is 19.2 Å². The fourth-order valence-corrected chi connectivity index (χ4v) is 3.49. The summed E-state index contributed by atoms with van der Waals surface area (Å²) in [4.78, 5) is 61.1. The van der Waals surface area contributed by atoms with Crippen molar-refractivity contribution >= 4 is 41.4 Å². The lowest BCUT2D eigenvalue weighted by molar-refractivity contribution is -0.144. The third kappa shape index (κ3) is 11.9. The molecule has 0 aliphatic carbocycles. The number of amides is 4. The highest BCUT2D eigenvalue weighted by molar-refractivity contribution is 7.98. The second-order valence-electron chi connectivity index (χ2n) is 8.52. The number of carbonyl (C=O) groups is 5. The average Bonchev–Trinajstić information content (AvgIpc) is 2.72. The summed E-state index contributed by atoms with van der Waals surface area (Å²) >= 11 is 1.44. The highest BCUT2D eigenvalue weighted by atomic mass is 32.2. The van der Waals surface area contributed by atoms with Gasteiger partial charge in [0.1, 0.15) is 18.1 Å². The van der Waals surface area contributed by atoms with Crippen LogP contribution in [0.4, 0.5) is 0 Å². The van der Waals surface area contributed by atoms with E-state index in [2.05, 4.69) is 16.0 Å². The van der Waals surface area contributed by atoms with Gasteiger partial charge in [0.15, 0.2) is 0 Å². The minimum atomic E-state index is -1.32. The lowest BCUT2D eigenvalue weighted by Crippen LogP contribution is -2.58. The Bertz CT molecular complexity index is 690. The van der Waals surface area contributed by atoms with E-state index in [-0.39, 0.29) is 18.3 Å². The number of hydrogen-bond acceptors (Lipinski definition) is 7. The van der Waals surface area contributed by atoms with Gasteiger partial charge in [-0.05, 0) is 36.7 Å². The van der Waals surface area contributed by atoms with Crippen LogP contribution in [0.1, 0.15) is 53.4 Å². The molecule has 5 atom stereocenters. The molecular weight excluding hydrogens is 450 g/mol. The van der Waals surface area contributed by atoms with Gasteiger partial charge in [0, 0.05) is 0 Å². The number of carbonyl (C=O) groups excluding carboxylic acids is 4. The van der Waals surface area contributed by atoms with E-state index in [1.165, 1.54) is 11.8 Å². The topological polar surface area (TPSA) is 194 Å². The zero-order valence-corrected chi connectivity index (χ0v) is 20.9. The van der Waals surface area contributed by atoms with Crippen LogP contribution in [0.2, 0.25) is 0 Å². The molecule has 0 aliphatic heterocycles. The average molecular weight is 490 g/mol. The number of hydrogen-bond donors (Lipinski definition) is 6. The molecule has 4 amide bonds. The Morgan fingerprint density at radius 1 is 0.939 bits per heavy atom. The van der Waals surface area contributed by atoms with Crippen LogP contribution in [0.25, 0.3) is 0 Å². The van der Waals surface area contributed by atoms with Crippen LogP contribution in [-0.4, -0.2) is 70.9 Å². The van der Waals surface area contributed by atoms with Crippen molar-refractivity contribution in [1.82, 2.24) is 16.0 Å². The maximum absolute atomic E-state index is 12.9. The third-order valence-electron chi connectivity index (χ3n) is 5.12. The summed E-state index contributed by atoms with van der Waals surface area (Å²) in [6.45, 7) is 7.28. The number of nitrogens with one attached hydrogen (secondary N) is 3. The van der Waals surface area contributed by atoms with Gasteiger partial charge >= 0.3 is 5.97 Å². The molecule has 8 N–H and O–H groups in total. The van der Waals surface area contributed by atoms with Crippen LogP contribution >= 0.6 is 11.8 Å². The van der Waals surface area contributed by atoms with Crippen molar-refractivity contribution in [3.05, 3.63) is 0 Å². The zero-order chi connectivity index (χ0) is 25.7. The van der Waals surface area contributed by atoms with Gasteiger partial charge in [-0.25, -0.2) is 4.79 Å². The number of nitrogens with two attached hydrogens (primary N) is 2. The van der Waals surface area contributed by atoms with Crippen molar-refractivity contribution in [1.29, 1.82) is 0 Å². The molecule has 0 spiro atoms. The summed E-state index contributed by atoms with van der Waals surface area (Å²) in [7, 11) is 0. The highest BCUT2D eigenvalue weighted by Crippen LogP contribution is 2.10. The summed E-state index contributed by atoms with van der Waals surface area (Å²) in [6, 6.07) is -4.38. The Labute approximate surface area is 199 Å². The van der Waals surface area contributed by atoms with Gasteiger partial charge in [0.25, 0.3) is 0 Å². The Kier molecular flexibility index (Phi) is 14.4. The van der Waals surface area contributed by atoms with E-state index in [0.29, 0.717) is 18.6 Å². The molecule has 0 aromatic rings. The van der Waals surface area contributed by atoms with Crippen molar-refractivity contribution in [2.45, 2.75) is 77.5 Å². The van der Waals surface area contributed by atoms with Gasteiger partial charge < -0.3 is 32.5 Å². The molecule has 0 rings (SSSR count). The predicted molar refractivity (Wildman–Crippen MR) is 127 cm³/mol. The lowest BCUT2D eigenvalue weighted by Gasteiger charge is -2.26. The Hall–Kier alpha value is -2.34. The number of carboxylic acid groups (broad SMARTS) is 1. The molecule has 0 aliphatic rings. The molecule has 190 valence electrons. The molecular formula is C21H39N5O6S. The van der Waals surface area contributed by atoms with E-state index < -0.39 is 60.2 Å². The summed E-state index contributed by atoms with van der Waals surface area (Å²) in [5.41, 5.74) is 11.1. The van der Waals surface area contributed by atoms with Crippen molar-refractivity contribution in [2.24, 2.45) is 23.3 Å². The second-order valence-corrected chi connectivity index (χ2v) is 9.51. The van der Waals surface area contributed by atoms with Crippen LogP contribution in [-0.2, 0) is 24.0 Å². The summed E-state index contributed by atoms with van der Waals surface area (Å²) in [5.74, 6) is -3.73. The van der Waals surface area contributed by atoms with E-state index in [0.717, 1.165) is 0 Å². The second kappa shape index (κ2) is 15.5. The summed E-state index contributed by atoms with van der Waals surface area (Å²) in [6.07, 6.45) is 2.47. The van der Waals surface area contributed by atoms with Crippen molar-refractivity contribution in [3.8, 4) is 0 Å². The van der Waals surface area contributed by atoms with E-state index in [1.54, 1.807) is 13.8 Å². The molecule has 0 fully saturated rings. The van der Waals surface area contributed by atoms with Gasteiger partial charge in [0.2, 0.25) is 23.6 Å². The first-order valence-electron chi connectivity index (χ1n) is 11.0. The predicted octanol–water partition coefficient (Wildman–Crippen LogP) is -0.427. The molecule has 0 saturated carbocycles. The Balaban J connectivity index is 5.52. The van der Waals surface area contributed by atoms with E-state index >= 15 is 0 Å². The van der Waals surface area contributed by atoms with Crippen molar-refractivity contribution in [2.75, 3.05) is 12.0 Å². The Morgan fingerprint density at radius 3 is 1.94 bits per heavy atom. The molecule has 0 aromatic carbocycles. The summed E-state index contributed by atoms with van der Waals surface area (Å²) < 4.78 is 0. The zero-order valence-electron chi connectivity index (χ0n) is 20.1. The van der Waals surface area contributed by atoms with Gasteiger partial charge in [-0.2, -0.15) is 11.8 Å². The van der Waals surface area contributed by atoms with E-state index in [4.69, 9.17) is 11.5 Å². The molecule has 11 nitrogen and oxygen atoms in total.